The fourth-order valence-electron chi connectivity index (χ4n) is 4.46. The zero-order valence-electron chi connectivity index (χ0n) is 18.3. The highest BCUT2D eigenvalue weighted by Gasteiger charge is 2.40. The third kappa shape index (κ3) is 3.83. The van der Waals surface area contributed by atoms with E-state index in [9.17, 15) is 13.6 Å². The Labute approximate surface area is 185 Å². The molecule has 1 amide bonds. The summed E-state index contributed by atoms with van der Waals surface area (Å²) in [7, 11) is 1.67. The topological polar surface area (TPSA) is 63.7 Å². The van der Waals surface area contributed by atoms with E-state index in [1.165, 1.54) is 11.1 Å². The zero-order chi connectivity index (χ0) is 22.6. The molecular formula is C24H25F2N3O3. The van der Waals surface area contributed by atoms with Gasteiger partial charge in [-0.25, -0.2) is 13.8 Å². The van der Waals surface area contributed by atoms with Gasteiger partial charge in [0.05, 0.1) is 5.60 Å². The summed E-state index contributed by atoms with van der Waals surface area (Å²) in [5.74, 6) is -1.93. The maximum Gasteiger partial charge on any atom is 0.274 e. The van der Waals surface area contributed by atoms with Crippen molar-refractivity contribution in [1.29, 1.82) is 0 Å². The molecule has 1 aromatic carbocycles. The molecule has 1 N–H and O–H groups in total. The van der Waals surface area contributed by atoms with Crippen LogP contribution >= 0.6 is 0 Å². The van der Waals surface area contributed by atoms with Crippen LogP contribution in [-0.4, -0.2) is 42.8 Å². The normalized spacial score (nSPS) is 19.0. The van der Waals surface area contributed by atoms with Crippen LogP contribution in [0, 0.1) is 18.6 Å². The van der Waals surface area contributed by atoms with Gasteiger partial charge in [0.25, 0.3) is 5.91 Å². The van der Waals surface area contributed by atoms with Crippen molar-refractivity contribution in [2.45, 2.75) is 44.8 Å². The van der Waals surface area contributed by atoms with Crippen LogP contribution in [0.4, 0.5) is 20.3 Å². The highest BCUT2D eigenvalue weighted by atomic mass is 19.1. The lowest BCUT2D eigenvalue weighted by Gasteiger charge is -2.48. The van der Waals surface area contributed by atoms with Crippen LogP contribution in [0.3, 0.4) is 0 Å². The first-order valence-electron chi connectivity index (χ1n) is 10.7. The number of halogens is 2. The summed E-state index contributed by atoms with van der Waals surface area (Å²) in [6, 6.07) is 5.54. The Morgan fingerprint density at radius 1 is 1.19 bits per heavy atom. The summed E-state index contributed by atoms with van der Waals surface area (Å²) in [6.07, 6.45) is 2.28. The fourth-order valence-corrected chi connectivity index (χ4v) is 4.46. The van der Waals surface area contributed by atoms with E-state index in [1.807, 2.05) is 18.7 Å². The van der Waals surface area contributed by atoms with Crippen molar-refractivity contribution in [2.75, 3.05) is 30.4 Å². The predicted octanol–water partition coefficient (Wildman–Crippen LogP) is 4.39. The standard InChI is InChI=1S/C24H25F2N3O3/c1-13-4-5-20(28-22(13)29-11-24(2,12-29)31-3)23(30)27-16-9-18(25)21(19(26)10-16)32-17-7-14-6-15(14)8-17/h4-5,9-10,17H,6-8,11-12H2,1-3H3,(H,27,30). The minimum absolute atomic E-state index is 0.00945. The summed E-state index contributed by atoms with van der Waals surface area (Å²) in [4.78, 5) is 19.2. The summed E-state index contributed by atoms with van der Waals surface area (Å²) in [5, 5.41) is 2.54. The zero-order valence-corrected chi connectivity index (χ0v) is 18.3. The summed E-state index contributed by atoms with van der Waals surface area (Å²) >= 11 is 0. The second-order valence-electron chi connectivity index (χ2n) is 9.10. The maximum atomic E-state index is 14.5. The quantitative estimate of drug-likeness (QED) is 0.674. The van der Waals surface area contributed by atoms with Gasteiger partial charge in [0, 0.05) is 50.9 Å². The molecule has 0 bridgehead atoms. The molecule has 168 valence electrons. The van der Waals surface area contributed by atoms with Crippen molar-refractivity contribution in [2.24, 2.45) is 0 Å². The first-order chi connectivity index (χ1) is 15.2. The lowest BCUT2D eigenvalue weighted by molar-refractivity contribution is -0.0172. The molecule has 32 heavy (non-hydrogen) atoms. The average Bonchev–Trinajstić information content (AvgIpc) is 3.34. The number of nitrogens with one attached hydrogen (secondary N) is 1. The second-order valence-corrected chi connectivity index (χ2v) is 9.10. The molecule has 0 unspecified atom stereocenters. The number of pyridine rings is 1. The van der Waals surface area contributed by atoms with Gasteiger partial charge in [-0.15, -0.1) is 0 Å². The molecule has 5 rings (SSSR count). The van der Waals surface area contributed by atoms with Gasteiger partial charge in [-0.05, 0) is 31.9 Å². The van der Waals surface area contributed by atoms with Crippen molar-refractivity contribution in [1.82, 2.24) is 4.98 Å². The monoisotopic (exact) mass is 441 g/mol. The number of rotatable bonds is 6. The highest BCUT2D eigenvalue weighted by Crippen LogP contribution is 2.46. The molecule has 1 aromatic heterocycles. The number of ether oxygens (including phenoxy) is 2. The van der Waals surface area contributed by atoms with Crippen LogP contribution in [0.5, 0.6) is 5.75 Å². The number of aromatic nitrogens is 1. The molecule has 1 fully saturated rings. The largest absolute Gasteiger partial charge is 0.484 e. The Morgan fingerprint density at radius 2 is 1.84 bits per heavy atom. The van der Waals surface area contributed by atoms with Crippen molar-refractivity contribution in [3.05, 3.63) is 58.3 Å². The van der Waals surface area contributed by atoms with E-state index in [4.69, 9.17) is 9.47 Å². The van der Waals surface area contributed by atoms with Crippen LogP contribution in [-0.2, 0) is 4.74 Å². The van der Waals surface area contributed by atoms with Gasteiger partial charge in [0.15, 0.2) is 17.4 Å². The molecule has 0 atom stereocenters. The van der Waals surface area contributed by atoms with Gasteiger partial charge in [-0.2, -0.15) is 0 Å². The number of anilines is 2. The molecule has 2 heterocycles. The number of methoxy groups -OCH3 is 1. The van der Waals surface area contributed by atoms with Gasteiger partial charge < -0.3 is 19.7 Å². The molecule has 8 heteroatoms. The van der Waals surface area contributed by atoms with Gasteiger partial charge in [0.2, 0.25) is 0 Å². The summed E-state index contributed by atoms with van der Waals surface area (Å²) < 4.78 is 40.1. The summed E-state index contributed by atoms with van der Waals surface area (Å²) in [6.45, 7) is 5.26. The third-order valence-electron chi connectivity index (χ3n) is 6.44. The van der Waals surface area contributed by atoms with Gasteiger partial charge >= 0.3 is 0 Å². The van der Waals surface area contributed by atoms with E-state index in [0.717, 1.165) is 37.0 Å². The first kappa shape index (κ1) is 20.9. The molecule has 1 aliphatic heterocycles. The Balaban J connectivity index is 1.28. The maximum absolute atomic E-state index is 14.5. The predicted molar refractivity (Wildman–Crippen MR) is 116 cm³/mol. The van der Waals surface area contributed by atoms with E-state index in [0.29, 0.717) is 18.9 Å². The molecular weight excluding hydrogens is 416 g/mol. The molecule has 6 nitrogen and oxygen atoms in total. The second kappa shape index (κ2) is 7.55. The molecule has 3 aliphatic rings. The molecule has 2 aromatic rings. The number of amides is 1. The van der Waals surface area contributed by atoms with E-state index in [2.05, 4.69) is 10.3 Å². The number of nitrogens with zero attached hydrogens (tertiary/aromatic N) is 2. The van der Waals surface area contributed by atoms with Crippen molar-refractivity contribution in [3.8, 4) is 5.75 Å². The lowest BCUT2D eigenvalue weighted by atomic mass is 9.96. The first-order valence-corrected chi connectivity index (χ1v) is 10.7. The number of carbonyl (C=O) groups excluding carboxylic acids is 1. The molecule has 1 saturated heterocycles. The van der Waals surface area contributed by atoms with Crippen LogP contribution in [0.15, 0.2) is 35.4 Å². The van der Waals surface area contributed by atoms with E-state index in [-0.39, 0.29) is 23.1 Å². The lowest BCUT2D eigenvalue weighted by Crippen LogP contribution is -2.61. The van der Waals surface area contributed by atoms with Gasteiger partial charge in [0.1, 0.15) is 17.6 Å². The van der Waals surface area contributed by atoms with Crippen LogP contribution in [0.25, 0.3) is 0 Å². The van der Waals surface area contributed by atoms with Crippen molar-refractivity contribution < 1.29 is 23.0 Å². The molecule has 2 aliphatic carbocycles. The fraction of sp³-hybridized carbons (Fsp3) is 0.417. The summed E-state index contributed by atoms with van der Waals surface area (Å²) in [5.41, 5.74) is 3.55. The molecule has 0 saturated carbocycles. The van der Waals surface area contributed by atoms with E-state index < -0.39 is 23.3 Å². The van der Waals surface area contributed by atoms with Gasteiger partial charge in [-0.1, -0.05) is 17.2 Å². The number of carbonyl (C=O) groups is 1. The van der Waals surface area contributed by atoms with Crippen LogP contribution < -0.4 is 15.0 Å². The average molecular weight is 441 g/mol. The number of hydrogen-bond donors (Lipinski definition) is 1. The van der Waals surface area contributed by atoms with E-state index >= 15 is 0 Å². The van der Waals surface area contributed by atoms with Crippen LogP contribution in [0.1, 0.15) is 42.2 Å². The Bertz CT molecular complexity index is 1100. The number of benzene rings is 1. The Hall–Kier alpha value is -3.00. The van der Waals surface area contributed by atoms with Crippen molar-refractivity contribution >= 4 is 17.4 Å². The third-order valence-corrected chi connectivity index (χ3v) is 6.44. The number of hydrogen-bond acceptors (Lipinski definition) is 5. The van der Waals surface area contributed by atoms with Gasteiger partial charge in [-0.3, -0.25) is 4.79 Å². The van der Waals surface area contributed by atoms with Crippen molar-refractivity contribution in [3.63, 3.8) is 0 Å². The Kier molecular flexibility index (Phi) is 4.93. The van der Waals surface area contributed by atoms with E-state index in [1.54, 1.807) is 19.2 Å². The molecule has 0 spiro atoms. The minimum Gasteiger partial charge on any atom is -0.484 e. The van der Waals surface area contributed by atoms with Crippen LogP contribution in [0.2, 0.25) is 0 Å². The Morgan fingerprint density at radius 3 is 2.47 bits per heavy atom. The number of aryl methyl sites for hydroxylation is 1. The molecule has 0 radical (unpaired) electrons. The smallest absolute Gasteiger partial charge is 0.274 e. The SMILES string of the molecule is COC1(C)CN(c2nc(C(=O)Nc3cc(F)c(OC4CC5=C(C5)C4)c(F)c3)ccc2C)C1. The minimum atomic E-state index is -0.840. The highest BCUT2D eigenvalue weighted by molar-refractivity contribution is 6.03.